The molecule has 3 aliphatic heterocycles. The summed E-state index contributed by atoms with van der Waals surface area (Å²) in [5, 5.41) is 7.68. The summed E-state index contributed by atoms with van der Waals surface area (Å²) < 4.78 is 5.15. The van der Waals surface area contributed by atoms with Gasteiger partial charge >= 0.3 is 0 Å². The van der Waals surface area contributed by atoms with Crippen LogP contribution in [-0.2, 0) is 31.1 Å². The van der Waals surface area contributed by atoms with Gasteiger partial charge in [0.25, 0.3) is 0 Å². The molecule has 0 saturated carbocycles. The third-order valence-electron chi connectivity index (χ3n) is 8.10. The number of hydrogen-bond donors (Lipinski definition) is 3. The zero-order chi connectivity index (χ0) is 25.2. The van der Waals surface area contributed by atoms with Crippen molar-refractivity contribution in [3.63, 3.8) is 0 Å². The van der Waals surface area contributed by atoms with Gasteiger partial charge in [-0.15, -0.1) is 0 Å². The van der Waals surface area contributed by atoms with Crippen molar-refractivity contribution in [2.45, 2.75) is 38.3 Å². The number of anilines is 1. The summed E-state index contributed by atoms with van der Waals surface area (Å²) >= 11 is 0. The number of imide groups is 1. The molecule has 4 heterocycles. The lowest BCUT2D eigenvalue weighted by atomic mass is 9.75. The predicted octanol–water partition coefficient (Wildman–Crippen LogP) is 2.78. The van der Waals surface area contributed by atoms with Crippen LogP contribution in [0.2, 0.25) is 0 Å². The fourth-order valence-corrected chi connectivity index (χ4v) is 6.62. The molecule has 2 fully saturated rings. The molecule has 4 unspecified atom stereocenters. The monoisotopic (exact) mass is 486 g/mol. The number of aromatic amines is 1. The molecule has 1 aromatic heterocycles. The third-order valence-corrected chi connectivity index (χ3v) is 8.10. The Labute approximate surface area is 209 Å². The minimum absolute atomic E-state index is 0.207. The predicted molar refractivity (Wildman–Crippen MR) is 135 cm³/mol. The van der Waals surface area contributed by atoms with E-state index in [2.05, 4.69) is 15.6 Å². The maximum atomic E-state index is 13.9. The second kappa shape index (κ2) is 8.28. The van der Waals surface area contributed by atoms with Gasteiger partial charge in [0.05, 0.1) is 11.8 Å². The molecule has 2 saturated heterocycles. The van der Waals surface area contributed by atoms with E-state index in [1.807, 2.05) is 56.4 Å². The summed E-state index contributed by atoms with van der Waals surface area (Å²) in [7, 11) is 1.60. The zero-order valence-corrected chi connectivity index (χ0v) is 20.7. The number of aromatic nitrogens is 1. The number of nitrogens with zero attached hydrogens (tertiary/aromatic N) is 1. The molecule has 4 atom stereocenters. The van der Waals surface area contributed by atoms with E-state index in [1.54, 1.807) is 7.11 Å². The van der Waals surface area contributed by atoms with Crippen LogP contribution in [0.3, 0.4) is 0 Å². The number of likely N-dealkylation sites (tertiary alicyclic amines) is 1. The van der Waals surface area contributed by atoms with E-state index in [1.165, 1.54) is 4.90 Å². The van der Waals surface area contributed by atoms with Crippen LogP contribution in [0.4, 0.5) is 5.69 Å². The van der Waals surface area contributed by atoms with Gasteiger partial charge in [-0.3, -0.25) is 24.6 Å². The summed E-state index contributed by atoms with van der Waals surface area (Å²) in [5.74, 6) is -2.18. The Morgan fingerprint density at radius 1 is 1.08 bits per heavy atom. The molecule has 6 rings (SSSR count). The smallest absolute Gasteiger partial charge is 0.250 e. The van der Waals surface area contributed by atoms with Gasteiger partial charge in [-0.2, -0.15) is 0 Å². The Morgan fingerprint density at radius 3 is 2.69 bits per heavy atom. The molecule has 36 heavy (non-hydrogen) atoms. The highest BCUT2D eigenvalue weighted by atomic mass is 16.5. The van der Waals surface area contributed by atoms with Crippen LogP contribution in [0.1, 0.15) is 28.7 Å². The highest BCUT2D eigenvalue weighted by molar-refractivity contribution is 6.15. The van der Waals surface area contributed by atoms with Crippen molar-refractivity contribution >= 4 is 34.3 Å². The van der Waals surface area contributed by atoms with Crippen molar-refractivity contribution in [2.75, 3.05) is 25.6 Å². The standard InChI is InChI=1S/C28H30N4O4/c1-15-11-16(2)24-19(12-15)28(27(35)30-24)23-22(25(33)32(26(23)34)9-6-10-36-3)21(31-28)13-17-14-29-20-8-5-4-7-18(17)20/h4-5,7-8,11-12,14,21-23,29,31H,6,9-10,13H2,1-3H3,(H,30,35). The van der Waals surface area contributed by atoms with Gasteiger partial charge in [-0.05, 0) is 43.9 Å². The molecular formula is C28H30N4O4. The second-order valence-corrected chi connectivity index (χ2v) is 10.3. The number of benzene rings is 2. The van der Waals surface area contributed by atoms with Crippen molar-refractivity contribution in [3.8, 4) is 0 Å². The first-order chi connectivity index (χ1) is 17.4. The van der Waals surface area contributed by atoms with E-state index >= 15 is 0 Å². The highest BCUT2D eigenvalue weighted by Gasteiger charge is 2.70. The van der Waals surface area contributed by atoms with Gasteiger partial charge in [0.2, 0.25) is 17.7 Å². The SMILES string of the molecule is COCCCN1C(=O)C2C(Cc3c[nH]c4ccccc34)NC3(C(=O)Nc4c(C)cc(C)cc43)C2C1=O. The number of aryl methyl sites for hydroxylation is 2. The van der Waals surface area contributed by atoms with Gasteiger partial charge < -0.3 is 15.0 Å². The van der Waals surface area contributed by atoms with Crippen molar-refractivity contribution in [3.05, 3.63) is 64.8 Å². The first kappa shape index (κ1) is 22.9. The van der Waals surface area contributed by atoms with Gasteiger partial charge in [0.15, 0.2) is 0 Å². The lowest BCUT2D eigenvalue weighted by Gasteiger charge is -2.30. The molecule has 8 heteroatoms. The number of carbonyl (C=O) groups is 3. The molecule has 186 valence electrons. The van der Waals surface area contributed by atoms with E-state index < -0.39 is 17.4 Å². The summed E-state index contributed by atoms with van der Waals surface area (Å²) in [5.41, 5.74) is 4.25. The normalized spacial score (nSPS) is 26.8. The number of fused-ring (bicyclic) bond motifs is 5. The van der Waals surface area contributed by atoms with Crippen molar-refractivity contribution < 1.29 is 19.1 Å². The molecule has 1 spiro atoms. The lowest BCUT2D eigenvalue weighted by Crippen LogP contribution is -2.53. The van der Waals surface area contributed by atoms with Crippen LogP contribution < -0.4 is 10.6 Å². The number of methoxy groups -OCH3 is 1. The van der Waals surface area contributed by atoms with Crippen molar-refractivity contribution in [1.82, 2.24) is 15.2 Å². The number of nitrogens with one attached hydrogen (secondary N) is 3. The highest BCUT2D eigenvalue weighted by Crippen LogP contribution is 2.54. The molecule has 2 aromatic carbocycles. The van der Waals surface area contributed by atoms with E-state index in [-0.39, 0.29) is 30.3 Å². The van der Waals surface area contributed by atoms with Gasteiger partial charge in [0, 0.05) is 54.7 Å². The van der Waals surface area contributed by atoms with Gasteiger partial charge in [-0.25, -0.2) is 0 Å². The minimum atomic E-state index is -1.28. The fraction of sp³-hybridized carbons (Fsp3) is 0.393. The maximum Gasteiger partial charge on any atom is 0.250 e. The maximum absolute atomic E-state index is 13.9. The van der Waals surface area contributed by atoms with E-state index in [9.17, 15) is 14.4 Å². The van der Waals surface area contributed by atoms with Crippen molar-refractivity contribution in [2.24, 2.45) is 11.8 Å². The Balaban J connectivity index is 1.46. The summed E-state index contributed by atoms with van der Waals surface area (Å²) in [6.07, 6.45) is 3.04. The minimum Gasteiger partial charge on any atom is -0.385 e. The number of hydrogen-bond acceptors (Lipinski definition) is 5. The number of para-hydroxylation sites is 1. The second-order valence-electron chi connectivity index (χ2n) is 10.3. The average molecular weight is 487 g/mol. The van der Waals surface area contributed by atoms with Crippen molar-refractivity contribution in [1.29, 1.82) is 0 Å². The number of ether oxygens (including phenoxy) is 1. The van der Waals surface area contributed by atoms with E-state index in [4.69, 9.17) is 4.74 Å². The molecule has 3 amide bonds. The van der Waals surface area contributed by atoms with Crippen LogP contribution >= 0.6 is 0 Å². The first-order valence-corrected chi connectivity index (χ1v) is 12.5. The third kappa shape index (κ3) is 3.10. The lowest BCUT2D eigenvalue weighted by molar-refractivity contribution is -0.143. The molecule has 0 bridgehead atoms. The summed E-state index contributed by atoms with van der Waals surface area (Å²) in [6, 6.07) is 11.6. The first-order valence-electron chi connectivity index (χ1n) is 12.5. The summed E-state index contributed by atoms with van der Waals surface area (Å²) in [4.78, 5) is 46.1. The fourth-order valence-electron chi connectivity index (χ4n) is 6.62. The summed E-state index contributed by atoms with van der Waals surface area (Å²) in [6.45, 7) is 4.68. The molecule has 3 aromatic rings. The molecule has 3 aliphatic rings. The molecule has 3 N–H and O–H groups in total. The number of amides is 3. The molecular weight excluding hydrogens is 456 g/mol. The van der Waals surface area contributed by atoms with E-state index in [0.717, 1.165) is 38.8 Å². The Morgan fingerprint density at radius 2 is 1.89 bits per heavy atom. The molecule has 0 radical (unpaired) electrons. The van der Waals surface area contributed by atoms with E-state index in [0.29, 0.717) is 19.4 Å². The Kier molecular flexibility index (Phi) is 5.28. The Bertz CT molecular complexity index is 1410. The zero-order valence-electron chi connectivity index (χ0n) is 20.7. The van der Waals surface area contributed by atoms with Crippen LogP contribution in [0.5, 0.6) is 0 Å². The van der Waals surface area contributed by atoms with Crippen LogP contribution in [-0.4, -0.2) is 53.9 Å². The van der Waals surface area contributed by atoms with Gasteiger partial charge in [0.1, 0.15) is 5.54 Å². The Hall–Kier alpha value is -3.49. The number of rotatable bonds is 6. The van der Waals surface area contributed by atoms with Gasteiger partial charge in [-0.1, -0.05) is 35.9 Å². The average Bonchev–Trinajstić information content (AvgIpc) is 3.56. The largest absolute Gasteiger partial charge is 0.385 e. The number of H-pyrrole nitrogens is 1. The molecule has 0 aliphatic carbocycles. The van der Waals surface area contributed by atoms with Crippen LogP contribution in [0.25, 0.3) is 10.9 Å². The quantitative estimate of drug-likeness (QED) is 0.367. The van der Waals surface area contributed by atoms with Crippen LogP contribution in [0.15, 0.2) is 42.6 Å². The number of carbonyl (C=O) groups excluding carboxylic acids is 3. The van der Waals surface area contributed by atoms with Crippen LogP contribution in [0, 0.1) is 25.7 Å². The molecule has 8 nitrogen and oxygen atoms in total. The topological polar surface area (TPSA) is 104 Å².